The van der Waals surface area contributed by atoms with E-state index in [1.165, 1.54) is 18.2 Å². The molecule has 0 fully saturated rings. The van der Waals surface area contributed by atoms with Gasteiger partial charge < -0.3 is 14.6 Å². The summed E-state index contributed by atoms with van der Waals surface area (Å²) in [6, 6.07) is 12.4. The van der Waals surface area contributed by atoms with E-state index in [0.29, 0.717) is 31.1 Å². The Bertz CT molecular complexity index is 798. The SMILES string of the molecule is C/C(=C\CCOc1ccccc1C(=O)O)COc1ccc([N+](=O)[O-])cc1. The van der Waals surface area contributed by atoms with Gasteiger partial charge in [0.15, 0.2) is 0 Å². The Morgan fingerprint density at radius 3 is 2.50 bits per heavy atom. The first-order chi connectivity index (χ1) is 12.5. The van der Waals surface area contributed by atoms with Gasteiger partial charge in [-0.1, -0.05) is 18.2 Å². The highest BCUT2D eigenvalue weighted by molar-refractivity contribution is 5.90. The smallest absolute Gasteiger partial charge is 0.339 e. The van der Waals surface area contributed by atoms with Crippen LogP contribution in [-0.2, 0) is 0 Å². The summed E-state index contributed by atoms with van der Waals surface area (Å²) in [5.74, 6) is -0.132. The topological polar surface area (TPSA) is 98.9 Å². The van der Waals surface area contributed by atoms with Gasteiger partial charge in [0.2, 0.25) is 0 Å². The van der Waals surface area contributed by atoms with Gasteiger partial charge in [-0.25, -0.2) is 4.79 Å². The van der Waals surface area contributed by atoms with Crippen molar-refractivity contribution in [3.63, 3.8) is 0 Å². The number of carboxylic acid groups (broad SMARTS) is 1. The van der Waals surface area contributed by atoms with Crippen molar-refractivity contribution in [1.29, 1.82) is 0 Å². The third kappa shape index (κ3) is 5.62. The second-order valence-corrected chi connectivity index (χ2v) is 5.53. The fraction of sp³-hybridized carbons (Fsp3) is 0.211. The zero-order chi connectivity index (χ0) is 18.9. The minimum Gasteiger partial charge on any atom is -0.492 e. The number of non-ortho nitro benzene ring substituents is 1. The van der Waals surface area contributed by atoms with E-state index in [1.54, 1.807) is 30.3 Å². The molecular formula is C19H19NO6. The Balaban J connectivity index is 1.78. The van der Waals surface area contributed by atoms with Crippen LogP contribution in [0.25, 0.3) is 0 Å². The summed E-state index contributed by atoms with van der Waals surface area (Å²) in [6.45, 7) is 2.60. The largest absolute Gasteiger partial charge is 0.492 e. The fourth-order valence-corrected chi connectivity index (χ4v) is 2.16. The van der Waals surface area contributed by atoms with Gasteiger partial charge in [-0.2, -0.15) is 0 Å². The zero-order valence-electron chi connectivity index (χ0n) is 14.3. The van der Waals surface area contributed by atoms with Crippen LogP contribution in [0.2, 0.25) is 0 Å². The third-order valence-corrected chi connectivity index (χ3v) is 3.50. The Labute approximate surface area is 150 Å². The molecule has 0 saturated heterocycles. The zero-order valence-corrected chi connectivity index (χ0v) is 14.3. The number of hydrogen-bond donors (Lipinski definition) is 1. The summed E-state index contributed by atoms with van der Waals surface area (Å²) in [4.78, 5) is 21.2. The van der Waals surface area contributed by atoms with Crippen LogP contribution in [0.3, 0.4) is 0 Å². The van der Waals surface area contributed by atoms with Crippen molar-refractivity contribution < 1.29 is 24.3 Å². The molecule has 0 aliphatic carbocycles. The summed E-state index contributed by atoms with van der Waals surface area (Å²) < 4.78 is 11.1. The monoisotopic (exact) mass is 357 g/mol. The number of nitro benzene ring substituents is 1. The molecule has 7 heteroatoms. The molecule has 0 amide bonds. The second-order valence-electron chi connectivity index (χ2n) is 5.53. The molecule has 1 N–H and O–H groups in total. The molecule has 0 aliphatic heterocycles. The lowest BCUT2D eigenvalue weighted by Gasteiger charge is -2.09. The van der Waals surface area contributed by atoms with Crippen LogP contribution in [0, 0.1) is 10.1 Å². The van der Waals surface area contributed by atoms with Crippen LogP contribution in [0.5, 0.6) is 11.5 Å². The number of ether oxygens (including phenoxy) is 2. The molecule has 2 rings (SSSR count). The number of nitro groups is 1. The summed E-state index contributed by atoms with van der Waals surface area (Å²) in [6.07, 6.45) is 2.54. The van der Waals surface area contributed by atoms with Crippen molar-refractivity contribution in [2.24, 2.45) is 0 Å². The number of hydrogen-bond acceptors (Lipinski definition) is 5. The Morgan fingerprint density at radius 2 is 1.85 bits per heavy atom. The van der Waals surface area contributed by atoms with Gasteiger partial charge in [0, 0.05) is 12.1 Å². The van der Waals surface area contributed by atoms with Crippen LogP contribution in [0.15, 0.2) is 60.2 Å². The van der Waals surface area contributed by atoms with E-state index in [9.17, 15) is 14.9 Å². The minimum absolute atomic E-state index is 0.0170. The van der Waals surface area contributed by atoms with E-state index >= 15 is 0 Å². The fourth-order valence-electron chi connectivity index (χ4n) is 2.16. The molecule has 26 heavy (non-hydrogen) atoms. The maximum Gasteiger partial charge on any atom is 0.339 e. The van der Waals surface area contributed by atoms with Crippen LogP contribution in [0.4, 0.5) is 5.69 Å². The number of carbonyl (C=O) groups is 1. The first kappa shape index (κ1) is 19.0. The quantitative estimate of drug-likeness (QED) is 0.314. The summed E-state index contributed by atoms with van der Waals surface area (Å²) in [5.41, 5.74) is 1.12. The predicted octanol–water partition coefficient (Wildman–Crippen LogP) is 4.09. The van der Waals surface area contributed by atoms with Gasteiger partial charge in [-0.15, -0.1) is 0 Å². The van der Waals surface area contributed by atoms with Crippen molar-refractivity contribution in [2.45, 2.75) is 13.3 Å². The average molecular weight is 357 g/mol. The highest BCUT2D eigenvalue weighted by Crippen LogP contribution is 2.19. The maximum absolute atomic E-state index is 11.1. The summed E-state index contributed by atoms with van der Waals surface area (Å²) in [7, 11) is 0. The van der Waals surface area contributed by atoms with E-state index in [-0.39, 0.29) is 11.3 Å². The Morgan fingerprint density at radius 1 is 1.15 bits per heavy atom. The third-order valence-electron chi connectivity index (χ3n) is 3.50. The van der Waals surface area contributed by atoms with Gasteiger partial charge >= 0.3 is 5.97 Å². The van der Waals surface area contributed by atoms with E-state index < -0.39 is 10.9 Å². The van der Waals surface area contributed by atoms with Crippen LogP contribution < -0.4 is 9.47 Å². The van der Waals surface area contributed by atoms with Gasteiger partial charge in [-0.3, -0.25) is 10.1 Å². The van der Waals surface area contributed by atoms with E-state index in [4.69, 9.17) is 14.6 Å². The van der Waals surface area contributed by atoms with Crippen molar-refractivity contribution in [2.75, 3.05) is 13.2 Å². The molecule has 0 unspecified atom stereocenters. The highest BCUT2D eigenvalue weighted by atomic mass is 16.6. The Hall–Kier alpha value is -3.35. The lowest BCUT2D eigenvalue weighted by atomic mass is 10.2. The predicted molar refractivity (Wildman–Crippen MR) is 95.9 cm³/mol. The molecule has 7 nitrogen and oxygen atoms in total. The van der Waals surface area contributed by atoms with E-state index in [0.717, 1.165) is 5.57 Å². The van der Waals surface area contributed by atoms with Crippen molar-refractivity contribution in [3.05, 3.63) is 75.9 Å². The molecule has 0 bridgehead atoms. The average Bonchev–Trinajstić information content (AvgIpc) is 2.64. The van der Waals surface area contributed by atoms with E-state index in [2.05, 4.69) is 0 Å². The van der Waals surface area contributed by atoms with Gasteiger partial charge in [0.1, 0.15) is 23.7 Å². The highest BCUT2D eigenvalue weighted by Gasteiger charge is 2.09. The molecule has 2 aromatic rings. The molecule has 0 aromatic heterocycles. The molecule has 0 atom stereocenters. The number of aromatic carboxylic acids is 1. The number of para-hydroxylation sites is 1. The molecule has 0 heterocycles. The number of carboxylic acids is 1. The Kier molecular flexibility index (Phi) is 6.73. The van der Waals surface area contributed by atoms with Crippen LogP contribution >= 0.6 is 0 Å². The van der Waals surface area contributed by atoms with Gasteiger partial charge in [0.05, 0.1) is 11.5 Å². The first-order valence-corrected chi connectivity index (χ1v) is 7.95. The molecule has 2 aromatic carbocycles. The lowest BCUT2D eigenvalue weighted by Crippen LogP contribution is -2.04. The van der Waals surface area contributed by atoms with E-state index in [1.807, 2.05) is 13.0 Å². The molecular weight excluding hydrogens is 338 g/mol. The molecule has 136 valence electrons. The normalized spacial score (nSPS) is 11.0. The lowest BCUT2D eigenvalue weighted by molar-refractivity contribution is -0.384. The molecule has 0 saturated carbocycles. The maximum atomic E-state index is 11.1. The summed E-state index contributed by atoms with van der Waals surface area (Å²) in [5, 5.41) is 19.7. The number of benzene rings is 2. The van der Waals surface area contributed by atoms with Crippen molar-refractivity contribution >= 4 is 11.7 Å². The van der Waals surface area contributed by atoms with Crippen LogP contribution in [-0.4, -0.2) is 29.2 Å². The van der Waals surface area contributed by atoms with Gasteiger partial charge in [-0.05, 0) is 43.2 Å². The van der Waals surface area contributed by atoms with Gasteiger partial charge in [0.25, 0.3) is 5.69 Å². The molecule has 0 aliphatic rings. The molecule has 0 spiro atoms. The van der Waals surface area contributed by atoms with Crippen LogP contribution in [0.1, 0.15) is 23.7 Å². The molecule has 0 radical (unpaired) electrons. The standard InChI is InChI=1S/C19H19NO6/c1-14(13-26-16-10-8-15(9-11-16)20(23)24)5-4-12-25-18-7-3-2-6-17(18)19(21)22/h2-3,5-11H,4,12-13H2,1H3,(H,21,22)/b14-5+. The number of nitrogens with zero attached hydrogens (tertiary/aromatic N) is 1. The minimum atomic E-state index is -1.02. The van der Waals surface area contributed by atoms with Crippen molar-refractivity contribution in [1.82, 2.24) is 0 Å². The first-order valence-electron chi connectivity index (χ1n) is 7.95. The second kappa shape index (κ2) is 9.22. The summed E-state index contributed by atoms with van der Waals surface area (Å²) >= 11 is 0. The number of rotatable bonds is 9. The van der Waals surface area contributed by atoms with Crippen molar-refractivity contribution in [3.8, 4) is 11.5 Å².